The lowest BCUT2D eigenvalue weighted by Gasteiger charge is -2.42. The first kappa shape index (κ1) is 21.1. The molecule has 8 nitrogen and oxygen atoms in total. The topological polar surface area (TPSA) is 80.7 Å². The molecule has 162 valence electrons. The van der Waals surface area contributed by atoms with E-state index in [0.717, 1.165) is 12.8 Å². The van der Waals surface area contributed by atoms with Crippen molar-refractivity contribution in [3.05, 3.63) is 16.3 Å². The Labute approximate surface area is 183 Å². The molecule has 2 bridgehead atoms. The van der Waals surface area contributed by atoms with Gasteiger partial charge in [0.2, 0.25) is 11.2 Å². The summed E-state index contributed by atoms with van der Waals surface area (Å²) in [6, 6.07) is -0.114. The number of carbonyl (C=O) groups excluding carboxylic acids is 1. The maximum Gasteiger partial charge on any atom is 0.410 e. The molecule has 2 aromatic rings. The van der Waals surface area contributed by atoms with Crippen LogP contribution in [0.2, 0.25) is 10.4 Å². The number of methoxy groups -OCH3 is 1. The molecule has 0 aliphatic carbocycles. The first-order valence-electron chi connectivity index (χ1n) is 9.61. The molecule has 2 aromatic heterocycles. The SMILES string of the molecule is COc1nc(Cl)c(F)c2nc(Cl)nc(N3C[C@H]4CC[C@@H](C3)N4C(=O)OC(C)(C)C)c12. The van der Waals surface area contributed by atoms with Crippen molar-refractivity contribution in [3.8, 4) is 5.88 Å². The Morgan fingerprint density at radius 2 is 1.77 bits per heavy atom. The Bertz CT molecular complexity index is 1000. The van der Waals surface area contributed by atoms with E-state index < -0.39 is 11.4 Å². The fourth-order valence-corrected chi connectivity index (χ4v) is 4.47. The molecule has 0 unspecified atom stereocenters. The maximum atomic E-state index is 14.6. The van der Waals surface area contributed by atoms with Gasteiger partial charge < -0.3 is 14.4 Å². The lowest BCUT2D eigenvalue weighted by molar-refractivity contribution is 0.0123. The fraction of sp³-hybridized carbons (Fsp3) is 0.579. The van der Waals surface area contributed by atoms with Gasteiger partial charge in [-0.05, 0) is 45.2 Å². The standard InChI is InChI=1S/C19H22Cl2FN5O3/c1-19(2,3)30-18(28)27-9-5-6-10(27)8-26(7-9)15-11-13(23-17(21)25-15)12(22)14(20)24-16(11)29-4/h9-10H,5-8H2,1-4H3/t9-,10+. The third-order valence-electron chi connectivity index (χ3n) is 5.24. The van der Waals surface area contributed by atoms with E-state index >= 15 is 0 Å². The summed E-state index contributed by atoms with van der Waals surface area (Å²) in [5, 5.41) is -0.161. The highest BCUT2D eigenvalue weighted by atomic mass is 35.5. The molecule has 2 saturated heterocycles. The third kappa shape index (κ3) is 3.69. The quantitative estimate of drug-likeness (QED) is 0.496. The summed E-state index contributed by atoms with van der Waals surface area (Å²) in [7, 11) is 1.42. The molecule has 4 rings (SSSR count). The van der Waals surface area contributed by atoms with Crippen molar-refractivity contribution >= 4 is 46.0 Å². The maximum absolute atomic E-state index is 14.6. The highest BCUT2D eigenvalue weighted by molar-refractivity contribution is 6.31. The van der Waals surface area contributed by atoms with Crippen molar-refractivity contribution in [1.29, 1.82) is 0 Å². The van der Waals surface area contributed by atoms with Crippen molar-refractivity contribution in [1.82, 2.24) is 19.9 Å². The van der Waals surface area contributed by atoms with Gasteiger partial charge in [-0.3, -0.25) is 4.90 Å². The predicted octanol–water partition coefficient (Wildman–Crippen LogP) is 4.07. The largest absolute Gasteiger partial charge is 0.480 e. The van der Waals surface area contributed by atoms with Gasteiger partial charge in [-0.2, -0.15) is 9.97 Å². The molecule has 0 N–H and O–H groups in total. The van der Waals surface area contributed by atoms with Crippen LogP contribution in [0.1, 0.15) is 33.6 Å². The van der Waals surface area contributed by atoms with Gasteiger partial charge in [0.25, 0.3) is 0 Å². The van der Waals surface area contributed by atoms with E-state index in [9.17, 15) is 9.18 Å². The smallest absolute Gasteiger partial charge is 0.410 e. The molecular weight excluding hydrogens is 436 g/mol. The third-order valence-corrected chi connectivity index (χ3v) is 5.66. The average Bonchev–Trinajstić information content (AvgIpc) is 2.93. The normalized spacial score (nSPS) is 21.3. The lowest BCUT2D eigenvalue weighted by atomic mass is 10.1. The van der Waals surface area contributed by atoms with Crippen LogP contribution >= 0.6 is 23.2 Å². The Kier molecular flexibility index (Phi) is 5.30. The van der Waals surface area contributed by atoms with E-state index in [1.165, 1.54) is 7.11 Å². The van der Waals surface area contributed by atoms with Gasteiger partial charge in [0.05, 0.1) is 19.2 Å². The van der Waals surface area contributed by atoms with E-state index in [-0.39, 0.29) is 40.0 Å². The van der Waals surface area contributed by atoms with Crippen LogP contribution in [0.4, 0.5) is 15.0 Å². The van der Waals surface area contributed by atoms with E-state index in [1.54, 1.807) is 4.90 Å². The number of hydrogen-bond acceptors (Lipinski definition) is 7. The highest BCUT2D eigenvalue weighted by Gasteiger charge is 2.45. The molecule has 1 amide bonds. The molecule has 11 heteroatoms. The van der Waals surface area contributed by atoms with Crippen LogP contribution in [-0.4, -0.2) is 63.8 Å². The second-order valence-corrected chi connectivity index (χ2v) is 9.14. The Morgan fingerprint density at radius 3 is 2.33 bits per heavy atom. The first-order valence-corrected chi connectivity index (χ1v) is 10.4. The van der Waals surface area contributed by atoms with Crippen molar-refractivity contribution in [3.63, 3.8) is 0 Å². The monoisotopic (exact) mass is 457 g/mol. The lowest BCUT2D eigenvalue weighted by Crippen LogP contribution is -2.57. The van der Waals surface area contributed by atoms with Gasteiger partial charge in [-0.15, -0.1) is 0 Å². The summed E-state index contributed by atoms with van der Waals surface area (Å²) in [6.07, 6.45) is 1.36. The molecule has 4 heterocycles. The van der Waals surface area contributed by atoms with Crippen LogP contribution in [0.3, 0.4) is 0 Å². The van der Waals surface area contributed by atoms with Crippen molar-refractivity contribution in [2.24, 2.45) is 0 Å². The minimum Gasteiger partial charge on any atom is -0.480 e. The summed E-state index contributed by atoms with van der Waals surface area (Å²) >= 11 is 12.0. The minimum absolute atomic E-state index is 0.0521. The zero-order chi connectivity index (χ0) is 21.8. The molecule has 30 heavy (non-hydrogen) atoms. The van der Waals surface area contributed by atoms with Gasteiger partial charge in [-0.25, -0.2) is 14.2 Å². The molecule has 0 radical (unpaired) electrons. The summed E-state index contributed by atoms with van der Waals surface area (Å²) in [4.78, 5) is 28.8. The van der Waals surface area contributed by atoms with E-state index in [2.05, 4.69) is 15.0 Å². The number of hydrogen-bond donors (Lipinski definition) is 0. The fourth-order valence-electron chi connectivity index (χ4n) is 4.14. The summed E-state index contributed by atoms with van der Waals surface area (Å²) in [5.41, 5.74) is -0.622. The number of amides is 1. The number of nitrogens with zero attached hydrogens (tertiary/aromatic N) is 5. The first-order chi connectivity index (χ1) is 14.1. The molecule has 2 aliphatic rings. The zero-order valence-electron chi connectivity index (χ0n) is 17.1. The summed E-state index contributed by atoms with van der Waals surface area (Å²) in [6.45, 7) is 6.52. The molecule has 0 aromatic carbocycles. The molecular formula is C19H22Cl2FN5O3. The average molecular weight is 458 g/mol. The predicted molar refractivity (Wildman–Crippen MR) is 111 cm³/mol. The van der Waals surface area contributed by atoms with Crippen LogP contribution in [0.15, 0.2) is 0 Å². The number of anilines is 1. The van der Waals surface area contributed by atoms with E-state index in [1.807, 2.05) is 25.7 Å². The van der Waals surface area contributed by atoms with Crippen LogP contribution < -0.4 is 9.64 Å². The van der Waals surface area contributed by atoms with Crippen LogP contribution in [0.5, 0.6) is 5.88 Å². The van der Waals surface area contributed by atoms with Crippen molar-refractivity contribution < 1.29 is 18.7 Å². The van der Waals surface area contributed by atoms with Crippen LogP contribution in [0.25, 0.3) is 10.9 Å². The number of piperazine rings is 1. The summed E-state index contributed by atoms with van der Waals surface area (Å²) < 4.78 is 25.5. The van der Waals surface area contributed by atoms with Crippen molar-refractivity contribution in [2.45, 2.75) is 51.3 Å². The number of pyridine rings is 1. The highest BCUT2D eigenvalue weighted by Crippen LogP contribution is 2.39. The second kappa shape index (κ2) is 7.53. The van der Waals surface area contributed by atoms with Crippen LogP contribution in [0, 0.1) is 5.82 Å². The number of carbonyl (C=O) groups is 1. The van der Waals surface area contributed by atoms with E-state index in [0.29, 0.717) is 24.3 Å². The summed E-state index contributed by atoms with van der Waals surface area (Å²) in [5.74, 6) is -0.260. The Balaban J connectivity index is 1.72. The molecule has 2 aliphatic heterocycles. The molecule has 2 fully saturated rings. The Morgan fingerprint density at radius 1 is 1.13 bits per heavy atom. The van der Waals surface area contributed by atoms with Crippen LogP contribution in [-0.2, 0) is 4.74 Å². The van der Waals surface area contributed by atoms with Gasteiger partial charge in [0.1, 0.15) is 22.3 Å². The molecule has 0 saturated carbocycles. The van der Waals surface area contributed by atoms with Gasteiger partial charge in [-0.1, -0.05) is 11.6 Å². The second-order valence-electron chi connectivity index (χ2n) is 8.44. The Hall–Kier alpha value is -2.13. The number of ether oxygens (including phenoxy) is 2. The zero-order valence-corrected chi connectivity index (χ0v) is 18.6. The van der Waals surface area contributed by atoms with Crippen molar-refractivity contribution in [2.75, 3.05) is 25.1 Å². The van der Waals surface area contributed by atoms with Gasteiger partial charge >= 0.3 is 6.09 Å². The number of halogens is 3. The minimum atomic E-state index is -0.784. The van der Waals surface area contributed by atoms with Gasteiger partial charge in [0.15, 0.2) is 11.0 Å². The number of rotatable bonds is 2. The van der Waals surface area contributed by atoms with Gasteiger partial charge in [0, 0.05) is 13.1 Å². The number of aromatic nitrogens is 3. The van der Waals surface area contributed by atoms with E-state index in [4.69, 9.17) is 32.7 Å². The molecule has 0 spiro atoms. The number of fused-ring (bicyclic) bond motifs is 3. The molecule has 2 atom stereocenters.